The number of nitrogens with one attached hydrogen (secondary N) is 2. The third-order valence-corrected chi connectivity index (χ3v) is 4.73. The van der Waals surface area contributed by atoms with Crippen molar-refractivity contribution < 1.29 is 9.59 Å². The minimum absolute atomic E-state index is 0.00780. The summed E-state index contributed by atoms with van der Waals surface area (Å²) in [6.07, 6.45) is 1.30. The molecule has 0 aromatic heterocycles. The maximum Gasteiger partial charge on any atom is 0.225 e. The first-order valence-electron chi connectivity index (χ1n) is 9.14. The van der Waals surface area contributed by atoms with Gasteiger partial charge < -0.3 is 10.6 Å². The standard InChI is InChI=1S/C20H31N3O2/c1-15(16-8-6-5-7-9-16)23-13-11-17(14-23)22-18(24)10-12-21-19(25)20(2,3)4/h5-9,15,17H,10-14H2,1-4H3,(H,21,25)(H,22,24)/t15-,17-/m1/s1. The molecule has 1 aliphatic rings. The lowest BCUT2D eigenvalue weighted by Crippen LogP contribution is -2.40. The Morgan fingerprint density at radius 2 is 1.92 bits per heavy atom. The second kappa shape index (κ2) is 8.48. The van der Waals surface area contributed by atoms with Crippen LogP contribution in [0.2, 0.25) is 0 Å². The summed E-state index contributed by atoms with van der Waals surface area (Å²) in [4.78, 5) is 26.3. The first kappa shape index (κ1) is 19.4. The lowest BCUT2D eigenvalue weighted by Gasteiger charge is -2.24. The van der Waals surface area contributed by atoms with Gasteiger partial charge in [-0.15, -0.1) is 0 Å². The van der Waals surface area contributed by atoms with E-state index in [1.54, 1.807) is 0 Å². The summed E-state index contributed by atoms with van der Waals surface area (Å²) >= 11 is 0. The molecule has 2 atom stereocenters. The van der Waals surface area contributed by atoms with Crippen molar-refractivity contribution in [2.24, 2.45) is 5.41 Å². The molecule has 1 heterocycles. The number of carbonyl (C=O) groups excluding carboxylic acids is 2. The van der Waals surface area contributed by atoms with Crippen molar-refractivity contribution in [1.29, 1.82) is 0 Å². The quantitative estimate of drug-likeness (QED) is 0.833. The van der Waals surface area contributed by atoms with Gasteiger partial charge in [-0.3, -0.25) is 14.5 Å². The molecule has 2 rings (SSSR count). The van der Waals surface area contributed by atoms with Crippen molar-refractivity contribution in [2.45, 2.75) is 52.6 Å². The molecule has 2 amide bonds. The smallest absolute Gasteiger partial charge is 0.225 e. The average molecular weight is 345 g/mol. The van der Waals surface area contributed by atoms with E-state index in [1.165, 1.54) is 5.56 Å². The maximum atomic E-state index is 12.1. The van der Waals surface area contributed by atoms with Crippen LogP contribution in [0, 0.1) is 5.41 Å². The van der Waals surface area contributed by atoms with E-state index in [-0.39, 0.29) is 17.9 Å². The van der Waals surface area contributed by atoms with Crippen LogP contribution in [0.15, 0.2) is 30.3 Å². The molecule has 25 heavy (non-hydrogen) atoms. The average Bonchev–Trinajstić information content (AvgIpc) is 3.02. The second-order valence-corrected chi connectivity index (χ2v) is 7.89. The number of nitrogens with zero attached hydrogens (tertiary/aromatic N) is 1. The Balaban J connectivity index is 1.72. The van der Waals surface area contributed by atoms with Gasteiger partial charge in [0.1, 0.15) is 0 Å². The number of hydrogen-bond donors (Lipinski definition) is 2. The summed E-state index contributed by atoms with van der Waals surface area (Å²) < 4.78 is 0. The summed E-state index contributed by atoms with van der Waals surface area (Å²) in [6.45, 7) is 10.1. The Kier molecular flexibility index (Phi) is 6.59. The van der Waals surface area contributed by atoms with Crippen LogP contribution < -0.4 is 10.6 Å². The molecule has 138 valence electrons. The number of amides is 2. The number of carbonyl (C=O) groups is 2. The molecule has 0 spiro atoms. The van der Waals surface area contributed by atoms with Gasteiger partial charge >= 0.3 is 0 Å². The Morgan fingerprint density at radius 1 is 1.24 bits per heavy atom. The zero-order valence-electron chi connectivity index (χ0n) is 15.8. The Bertz CT molecular complexity index is 580. The highest BCUT2D eigenvalue weighted by atomic mass is 16.2. The first-order chi connectivity index (χ1) is 11.8. The lowest BCUT2D eigenvalue weighted by molar-refractivity contribution is -0.128. The number of hydrogen-bond acceptors (Lipinski definition) is 3. The van der Waals surface area contributed by atoms with Crippen LogP contribution >= 0.6 is 0 Å². The predicted molar refractivity (Wildman–Crippen MR) is 100 cm³/mol. The van der Waals surface area contributed by atoms with Gasteiger partial charge in [0.25, 0.3) is 0 Å². The monoisotopic (exact) mass is 345 g/mol. The van der Waals surface area contributed by atoms with Crippen molar-refractivity contribution in [3.05, 3.63) is 35.9 Å². The van der Waals surface area contributed by atoms with E-state index < -0.39 is 5.41 Å². The van der Waals surface area contributed by atoms with Gasteiger partial charge in [-0.25, -0.2) is 0 Å². The molecule has 1 aliphatic heterocycles. The van der Waals surface area contributed by atoms with Crippen molar-refractivity contribution in [3.8, 4) is 0 Å². The molecule has 5 heteroatoms. The highest BCUT2D eigenvalue weighted by Crippen LogP contribution is 2.24. The lowest BCUT2D eigenvalue weighted by atomic mass is 9.96. The molecular formula is C20H31N3O2. The van der Waals surface area contributed by atoms with E-state index in [4.69, 9.17) is 0 Å². The minimum atomic E-state index is -0.421. The Hall–Kier alpha value is -1.88. The summed E-state index contributed by atoms with van der Waals surface area (Å²) in [5.74, 6) is -0.0162. The zero-order valence-corrected chi connectivity index (χ0v) is 15.8. The van der Waals surface area contributed by atoms with E-state index in [0.29, 0.717) is 19.0 Å². The van der Waals surface area contributed by atoms with Gasteiger partial charge in [-0.05, 0) is 18.9 Å². The fourth-order valence-electron chi connectivity index (χ4n) is 3.05. The van der Waals surface area contributed by atoms with E-state index >= 15 is 0 Å². The van der Waals surface area contributed by atoms with Gasteiger partial charge in [-0.2, -0.15) is 0 Å². The van der Waals surface area contributed by atoms with Crippen LogP contribution in [-0.4, -0.2) is 42.4 Å². The normalized spacial score (nSPS) is 19.4. The van der Waals surface area contributed by atoms with Crippen LogP contribution in [0.1, 0.15) is 52.1 Å². The Labute approximate surface area is 151 Å². The molecule has 0 unspecified atom stereocenters. The molecule has 1 aromatic rings. The van der Waals surface area contributed by atoms with E-state index in [1.807, 2.05) is 26.8 Å². The third-order valence-electron chi connectivity index (χ3n) is 4.73. The van der Waals surface area contributed by atoms with Gasteiger partial charge in [-0.1, -0.05) is 51.1 Å². The largest absolute Gasteiger partial charge is 0.355 e. The van der Waals surface area contributed by atoms with Gasteiger partial charge in [0.2, 0.25) is 11.8 Å². The first-order valence-corrected chi connectivity index (χ1v) is 9.14. The second-order valence-electron chi connectivity index (χ2n) is 7.89. The fraction of sp³-hybridized carbons (Fsp3) is 0.600. The highest BCUT2D eigenvalue weighted by Gasteiger charge is 2.27. The van der Waals surface area contributed by atoms with E-state index in [9.17, 15) is 9.59 Å². The Morgan fingerprint density at radius 3 is 2.56 bits per heavy atom. The predicted octanol–water partition coefficient (Wildman–Crippen LogP) is 2.49. The minimum Gasteiger partial charge on any atom is -0.355 e. The SMILES string of the molecule is C[C@H](c1ccccc1)N1CC[C@@H](NC(=O)CCNC(=O)C(C)(C)C)C1. The molecule has 5 nitrogen and oxygen atoms in total. The fourth-order valence-corrected chi connectivity index (χ4v) is 3.05. The zero-order chi connectivity index (χ0) is 18.4. The van der Waals surface area contributed by atoms with Gasteiger partial charge in [0.05, 0.1) is 0 Å². The third kappa shape index (κ3) is 5.85. The van der Waals surface area contributed by atoms with Crippen LogP contribution in [0.5, 0.6) is 0 Å². The molecule has 0 bridgehead atoms. The molecule has 1 saturated heterocycles. The van der Waals surface area contributed by atoms with Crippen LogP contribution in [0.4, 0.5) is 0 Å². The summed E-state index contributed by atoms with van der Waals surface area (Å²) in [6, 6.07) is 11.0. The molecular weight excluding hydrogens is 314 g/mol. The van der Waals surface area contributed by atoms with Crippen LogP contribution in [0.3, 0.4) is 0 Å². The molecule has 1 fully saturated rings. The van der Waals surface area contributed by atoms with Crippen LogP contribution in [-0.2, 0) is 9.59 Å². The summed E-state index contributed by atoms with van der Waals surface area (Å²) in [5.41, 5.74) is 0.884. The van der Waals surface area contributed by atoms with Crippen molar-refractivity contribution in [3.63, 3.8) is 0 Å². The number of rotatable bonds is 6. The molecule has 2 N–H and O–H groups in total. The van der Waals surface area contributed by atoms with Crippen LogP contribution in [0.25, 0.3) is 0 Å². The molecule has 0 aliphatic carbocycles. The maximum absolute atomic E-state index is 12.1. The summed E-state index contributed by atoms with van der Waals surface area (Å²) in [7, 11) is 0. The number of likely N-dealkylation sites (tertiary alicyclic amines) is 1. The molecule has 1 aromatic carbocycles. The van der Waals surface area contributed by atoms with E-state index in [2.05, 4.69) is 46.7 Å². The summed E-state index contributed by atoms with van der Waals surface area (Å²) in [5, 5.41) is 5.91. The van der Waals surface area contributed by atoms with E-state index in [0.717, 1.165) is 19.5 Å². The highest BCUT2D eigenvalue weighted by molar-refractivity contribution is 5.82. The van der Waals surface area contributed by atoms with Gasteiger partial charge in [0, 0.05) is 43.6 Å². The number of benzene rings is 1. The molecule has 0 radical (unpaired) electrons. The molecule has 0 saturated carbocycles. The van der Waals surface area contributed by atoms with Crippen molar-refractivity contribution in [1.82, 2.24) is 15.5 Å². The van der Waals surface area contributed by atoms with Gasteiger partial charge in [0.15, 0.2) is 0 Å². The van der Waals surface area contributed by atoms with Crippen molar-refractivity contribution in [2.75, 3.05) is 19.6 Å². The van der Waals surface area contributed by atoms with Crippen molar-refractivity contribution >= 4 is 11.8 Å². The topological polar surface area (TPSA) is 61.4 Å².